The van der Waals surface area contributed by atoms with Crippen molar-refractivity contribution in [3.63, 3.8) is 0 Å². The Morgan fingerprint density at radius 1 is 0.278 bits per heavy atom. The average molecular weight is 1190 g/mol. The largest absolute Gasteiger partial charge is 0.358 e. The van der Waals surface area contributed by atoms with Gasteiger partial charge in [-0.3, -0.25) is 0 Å². The first-order chi connectivity index (χ1) is 33.5. The van der Waals surface area contributed by atoms with Gasteiger partial charge in [0.05, 0.1) is 0 Å². The van der Waals surface area contributed by atoms with Crippen LogP contribution in [0.25, 0.3) is 40.3 Å². The van der Waals surface area contributed by atoms with Crippen molar-refractivity contribution in [2.24, 2.45) is 18.8 Å². The highest BCUT2D eigenvalue weighted by Crippen LogP contribution is 2.29. The van der Waals surface area contributed by atoms with E-state index in [0.29, 0.717) is 52.6 Å². The molecule has 0 radical (unpaired) electrons. The lowest BCUT2D eigenvalue weighted by Crippen LogP contribution is -3.59. The molecule has 4 heterocycles. The summed E-state index contributed by atoms with van der Waals surface area (Å²) in [7, 11) is 1.11. The third-order valence-corrected chi connectivity index (χ3v) is 12.2. The maximum Gasteiger partial charge on any atom is 0.261 e. The molecule has 0 saturated carbocycles. The van der Waals surface area contributed by atoms with Crippen LogP contribution in [0.3, 0.4) is 0 Å². The van der Waals surface area contributed by atoms with Crippen LogP contribution in [0.2, 0.25) is 0 Å². The summed E-state index contributed by atoms with van der Waals surface area (Å²) in [6, 6.07) is 42.9. The van der Waals surface area contributed by atoms with Crippen molar-refractivity contribution in [2.75, 3.05) is 9.86 Å². The second kappa shape index (κ2) is 97.7. The van der Waals surface area contributed by atoms with Gasteiger partial charge in [0.15, 0.2) is 14.1 Å². The van der Waals surface area contributed by atoms with Gasteiger partial charge < -0.3 is 29.7 Å². The zero-order valence-electron chi connectivity index (χ0n) is 54.9. The number of hydrogen-bond donors (Lipinski definition) is 0. The minimum atomic E-state index is 0. The van der Waals surface area contributed by atoms with Crippen molar-refractivity contribution in [3.05, 3.63) is 173 Å². The van der Waals surface area contributed by atoms with Gasteiger partial charge in [0.1, 0.15) is 44.8 Å². The highest BCUT2D eigenvalue weighted by atomic mass is 127. The molecule has 0 N–H and O–H groups in total. The van der Waals surface area contributed by atoms with E-state index >= 15 is 0 Å². The van der Waals surface area contributed by atoms with Gasteiger partial charge in [-0.25, -0.2) is 0 Å². The Bertz CT molecular complexity index is 1740. The fourth-order valence-corrected chi connectivity index (χ4v) is 9.07. The Kier molecular flexibility index (Phi) is 144. The summed E-state index contributed by atoms with van der Waals surface area (Å²) in [5.41, 5.74) is 0. The molecule has 4 aromatic heterocycles. The van der Waals surface area contributed by atoms with E-state index in [9.17, 15) is 0 Å². The Morgan fingerprint density at radius 3 is 0.681 bits per heavy atom. The van der Waals surface area contributed by atoms with Crippen molar-refractivity contribution in [2.45, 2.75) is 180 Å². The SMILES string of the molecule is CC.CC.CC.CC.CC.CC.CC.CC.CC.CC.CC.CC.CC.C[I+]C.C[s+]1ccc2ccccc21.C[s+]1ccc2ccccc21.C[s+]1ccc2ccccc21.[CH3-].[CH3-].[CH3-].[CH3-].c1ccc2sccc2c1. The smallest absolute Gasteiger partial charge is 0.261 e. The molecular formula is C67H129IS4. The van der Waals surface area contributed by atoms with Gasteiger partial charge in [-0.2, -0.15) is 0 Å². The van der Waals surface area contributed by atoms with Crippen molar-refractivity contribution in [3.8, 4) is 0 Å². The Hall–Kier alpha value is -2.55. The number of rotatable bonds is 0. The van der Waals surface area contributed by atoms with E-state index in [-0.39, 0.29) is 29.7 Å². The Balaban J connectivity index is -0.0000000438. The lowest BCUT2D eigenvalue weighted by molar-refractivity contribution is -0.597. The quantitative estimate of drug-likeness (QED) is 0.0614. The number of hydrogen-bond acceptors (Lipinski definition) is 1. The van der Waals surface area contributed by atoms with Gasteiger partial charge in [0, 0.05) is 39.1 Å². The average Bonchev–Trinajstić information content (AvgIpc) is 4.29. The van der Waals surface area contributed by atoms with Crippen molar-refractivity contribution < 1.29 is 21.2 Å². The summed E-state index contributed by atoms with van der Waals surface area (Å²) in [5.74, 6) is 0. The molecule has 0 aliphatic rings. The van der Waals surface area contributed by atoms with Crippen LogP contribution >= 0.6 is 42.7 Å². The maximum atomic E-state index is 2.27. The lowest BCUT2D eigenvalue weighted by atomic mass is 10.3. The first-order valence-electron chi connectivity index (χ1n) is 26.5. The van der Waals surface area contributed by atoms with Gasteiger partial charge in [0.25, 0.3) is 21.2 Å². The highest BCUT2D eigenvalue weighted by molar-refractivity contribution is 7.34. The van der Waals surface area contributed by atoms with E-state index in [4.69, 9.17) is 0 Å². The van der Waals surface area contributed by atoms with Crippen molar-refractivity contribution in [1.29, 1.82) is 0 Å². The molecule has 0 aliphatic heterocycles. The number of fused-ring (bicyclic) bond motifs is 4. The summed E-state index contributed by atoms with van der Waals surface area (Å²) in [4.78, 5) is 4.47. The summed E-state index contributed by atoms with van der Waals surface area (Å²) in [6.07, 6.45) is 6.76. The minimum Gasteiger partial charge on any atom is -0.358 e. The molecular weight excluding hydrogens is 1060 g/mol. The van der Waals surface area contributed by atoms with Crippen LogP contribution in [0.4, 0.5) is 0 Å². The number of halogens is 1. The van der Waals surface area contributed by atoms with Crippen LogP contribution in [0.5, 0.6) is 0 Å². The summed E-state index contributed by atoms with van der Waals surface area (Å²) in [5, 5.41) is 14.5. The van der Waals surface area contributed by atoms with Crippen LogP contribution in [-0.4, -0.2) is 9.86 Å². The van der Waals surface area contributed by atoms with E-state index in [1.54, 1.807) is 11.3 Å². The third kappa shape index (κ3) is 53.7. The number of alkyl halides is 2. The normalized spacial score (nSPS) is 7.74. The van der Waals surface area contributed by atoms with E-state index < -0.39 is 0 Å². The van der Waals surface area contributed by atoms with E-state index in [1.807, 2.05) is 180 Å². The second-order valence-electron chi connectivity index (χ2n) is 9.53. The molecule has 428 valence electrons. The summed E-state index contributed by atoms with van der Waals surface area (Å²) < 4.78 is 5.84. The van der Waals surface area contributed by atoms with Gasteiger partial charge in [-0.1, -0.05) is 235 Å². The van der Waals surface area contributed by atoms with Gasteiger partial charge >= 0.3 is 0 Å². The van der Waals surface area contributed by atoms with Gasteiger partial charge in [0.2, 0.25) is 0 Å². The standard InChI is InChI=1S/3C9H9S.C8H6S.C2H6I.13C2H6.4CH3/c3*1-10-7-6-8-4-2-3-5-9(8)10;1-2-4-8-7(3-1)5-6-9-8;1-3-2;13*1-2;;;;/h3*2-7H,1H3;1-6H;1-2H3;13*1-2H3;4*1H3/q3*+1;;+1;;;;;;;;;;;;;;4*-1. The molecule has 0 spiro atoms. The molecule has 4 aromatic carbocycles. The van der Waals surface area contributed by atoms with Gasteiger partial charge in [-0.15, -0.1) is 11.3 Å². The Labute approximate surface area is 481 Å². The first kappa shape index (κ1) is 106. The van der Waals surface area contributed by atoms with Crippen molar-refractivity contribution >= 4 is 83.1 Å². The minimum absolute atomic E-state index is 0. The van der Waals surface area contributed by atoms with Crippen LogP contribution < -0.4 is 21.2 Å². The highest BCUT2D eigenvalue weighted by Gasteiger charge is 2.05. The number of benzene rings is 4. The van der Waals surface area contributed by atoms with Gasteiger partial charge in [-0.05, 0) is 90.7 Å². The topological polar surface area (TPSA) is 0 Å². The van der Waals surface area contributed by atoms with Crippen LogP contribution in [0.15, 0.2) is 143 Å². The van der Waals surface area contributed by atoms with E-state index in [1.165, 1.54) is 40.3 Å². The molecule has 8 aromatic rings. The molecule has 8 rings (SSSR count). The molecule has 5 heteroatoms. The monoisotopic (exact) mass is 1190 g/mol. The van der Waals surface area contributed by atoms with Crippen LogP contribution in [0, 0.1) is 29.7 Å². The van der Waals surface area contributed by atoms with E-state index in [2.05, 4.69) is 171 Å². The second-order valence-corrected chi connectivity index (χ2v) is 18.1. The molecule has 0 nitrogen and oxygen atoms in total. The van der Waals surface area contributed by atoms with E-state index in [0.717, 1.165) is 0 Å². The summed E-state index contributed by atoms with van der Waals surface area (Å²) in [6.45, 7) is 52.0. The van der Waals surface area contributed by atoms with Crippen molar-refractivity contribution in [1.82, 2.24) is 0 Å². The molecule has 3 atom stereocenters. The molecule has 0 bridgehead atoms. The molecule has 0 saturated heterocycles. The Morgan fingerprint density at radius 2 is 0.472 bits per heavy atom. The lowest BCUT2D eigenvalue weighted by Gasteiger charge is -1.82. The molecule has 3 unspecified atom stereocenters. The first-order valence-corrected chi connectivity index (χ1v) is 36.8. The molecule has 72 heavy (non-hydrogen) atoms. The molecule has 0 fully saturated rings. The fraction of sp³-hybridized carbons (Fsp3) is 0.463. The predicted octanol–water partition coefficient (Wildman–Crippen LogP) is 24.8. The van der Waals surface area contributed by atoms with Crippen LogP contribution in [-0.2, 0) is 18.8 Å². The number of aryl methyl sites for hydroxylation is 3. The van der Waals surface area contributed by atoms with Crippen LogP contribution in [0.1, 0.15) is 180 Å². The fourth-order valence-electron chi connectivity index (χ4n) is 4.39. The number of thiophene rings is 4. The zero-order chi connectivity index (χ0) is 55.7. The summed E-state index contributed by atoms with van der Waals surface area (Å²) >= 11 is 2.38. The molecule has 0 amide bonds. The third-order valence-electron chi connectivity index (χ3n) is 6.51. The molecule has 0 aliphatic carbocycles. The maximum absolute atomic E-state index is 2.27. The zero-order valence-corrected chi connectivity index (χ0v) is 60.3. The predicted molar refractivity (Wildman–Crippen MR) is 369 cm³/mol.